The van der Waals surface area contributed by atoms with Gasteiger partial charge in [0.25, 0.3) is 0 Å². The number of carboxylic acids is 1. The number of halogens is 1. The number of hydrogen-bond donors (Lipinski definition) is 1. The number of pyridine rings is 1. The Morgan fingerprint density at radius 2 is 2.17 bits per heavy atom. The minimum atomic E-state index is -0.961. The third-order valence-electron chi connectivity index (χ3n) is 7.66. The minimum absolute atomic E-state index is 0.0681. The summed E-state index contributed by atoms with van der Waals surface area (Å²) in [6.45, 7) is 2.05. The summed E-state index contributed by atoms with van der Waals surface area (Å²) in [6, 6.07) is 7.70. The SMILES string of the molecule is C[C@]12CCC3c4ccc(OCC(=O)O)cc4CCC3C1CC=C2c1cncc(F)c1. The first kappa shape index (κ1) is 19.3. The highest BCUT2D eigenvalue weighted by Crippen LogP contribution is 2.63. The fourth-order valence-corrected chi connectivity index (χ4v) is 6.37. The van der Waals surface area contributed by atoms with Gasteiger partial charge in [0.15, 0.2) is 6.61 Å². The molecule has 0 amide bonds. The minimum Gasteiger partial charge on any atom is -0.482 e. The molecule has 0 saturated heterocycles. The van der Waals surface area contributed by atoms with E-state index in [1.165, 1.54) is 22.9 Å². The van der Waals surface area contributed by atoms with Gasteiger partial charge >= 0.3 is 5.97 Å². The molecule has 4 nitrogen and oxygen atoms in total. The lowest BCUT2D eigenvalue weighted by Crippen LogP contribution is -2.40. The molecule has 1 heterocycles. The number of fused-ring (bicyclic) bond motifs is 5. The highest BCUT2D eigenvalue weighted by atomic mass is 19.1. The first-order valence-electron chi connectivity index (χ1n) is 10.7. The fourth-order valence-electron chi connectivity index (χ4n) is 6.37. The van der Waals surface area contributed by atoms with E-state index in [1.54, 1.807) is 12.3 Å². The van der Waals surface area contributed by atoms with Crippen molar-refractivity contribution in [1.82, 2.24) is 4.98 Å². The number of rotatable bonds is 4. The number of aromatic nitrogens is 1. The molecule has 4 atom stereocenters. The van der Waals surface area contributed by atoms with Crippen molar-refractivity contribution in [3.8, 4) is 5.75 Å². The lowest BCUT2D eigenvalue weighted by molar-refractivity contribution is -0.139. The number of carboxylic acid groups (broad SMARTS) is 1. The number of carbonyl (C=O) groups is 1. The van der Waals surface area contributed by atoms with Gasteiger partial charge in [-0.15, -0.1) is 0 Å². The lowest BCUT2D eigenvalue weighted by Gasteiger charge is -2.50. The van der Waals surface area contributed by atoms with Crippen LogP contribution < -0.4 is 4.74 Å². The Hall–Kier alpha value is -2.69. The van der Waals surface area contributed by atoms with E-state index >= 15 is 0 Å². The summed E-state index contributed by atoms with van der Waals surface area (Å²) in [5.74, 6) is 1.10. The van der Waals surface area contributed by atoms with Gasteiger partial charge in [-0.25, -0.2) is 9.18 Å². The summed E-state index contributed by atoms with van der Waals surface area (Å²) in [6.07, 6.45) is 10.7. The molecule has 0 bridgehead atoms. The van der Waals surface area contributed by atoms with E-state index in [4.69, 9.17) is 9.84 Å². The Balaban J connectivity index is 1.40. The maximum absolute atomic E-state index is 13.8. The van der Waals surface area contributed by atoms with Crippen molar-refractivity contribution in [3.05, 3.63) is 65.2 Å². The molecule has 0 spiro atoms. The third kappa shape index (κ3) is 3.11. The van der Waals surface area contributed by atoms with Crippen molar-refractivity contribution in [1.29, 1.82) is 0 Å². The van der Waals surface area contributed by atoms with Crippen molar-refractivity contribution in [3.63, 3.8) is 0 Å². The van der Waals surface area contributed by atoms with Gasteiger partial charge in [-0.1, -0.05) is 19.1 Å². The predicted octanol–water partition coefficient (Wildman–Crippen LogP) is 5.23. The van der Waals surface area contributed by atoms with Crippen molar-refractivity contribution < 1.29 is 19.0 Å². The van der Waals surface area contributed by atoms with Crippen LogP contribution in [0, 0.1) is 23.1 Å². The van der Waals surface area contributed by atoms with Gasteiger partial charge in [-0.2, -0.15) is 0 Å². The number of aliphatic carboxylic acids is 1. The van der Waals surface area contributed by atoms with E-state index in [2.05, 4.69) is 24.1 Å². The van der Waals surface area contributed by atoms with Crippen LogP contribution in [0.25, 0.3) is 5.57 Å². The van der Waals surface area contributed by atoms with Gasteiger partial charge in [0, 0.05) is 6.20 Å². The molecule has 3 aliphatic carbocycles. The van der Waals surface area contributed by atoms with Crippen LogP contribution in [-0.2, 0) is 11.2 Å². The van der Waals surface area contributed by atoms with Gasteiger partial charge in [0.2, 0.25) is 0 Å². The smallest absolute Gasteiger partial charge is 0.341 e. The van der Waals surface area contributed by atoms with Gasteiger partial charge in [-0.05, 0) is 95.7 Å². The van der Waals surface area contributed by atoms with Crippen molar-refractivity contribution in [2.45, 2.75) is 44.9 Å². The Labute approximate surface area is 175 Å². The maximum Gasteiger partial charge on any atom is 0.341 e. The van der Waals surface area contributed by atoms with E-state index < -0.39 is 5.97 Å². The quantitative estimate of drug-likeness (QED) is 0.754. The Bertz CT molecular complexity index is 1030. The molecule has 1 saturated carbocycles. The average molecular weight is 407 g/mol. The second-order valence-electron chi connectivity index (χ2n) is 9.16. The zero-order valence-electron chi connectivity index (χ0n) is 17.1. The molecule has 3 aliphatic rings. The van der Waals surface area contributed by atoms with E-state index in [1.807, 2.05) is 12.1 Å². The summed E-state index contributed by atoms with van der Waals surface area (Å²) in [5.41, 5.74) is 4.95. The largest absolute Gasteiger partial charge is 0.482 e. The second-order valence-corrected chi connectivity index (χ2v) is 9.16. The third-order valence-corrected chi connectivity index (χ3v) is 7.66. The number of aryl methyl sites for hydroxylation is 1. The standard InChI is InChI=1S/C25H26FNO3/c1-25-9-8-20-19-5-3-18(30-14-24(28)29)11-15(19)2-4-21(20)23(25)7-6-22(25)16-10-17(26)13-27-12-16/h3,5-6,10-13,20-21,23H,2,4,7-9,14H2,1H3,(H,28,29)/t20?,21?,23?,25-/m1/s1. The number of nitrogens with zero attached hydrogens (tertiary/aromatic N) is 1. The van der Waals surface area contributed by atoms with Crippen LogP contribution >= 0.6 is 0 Å². The maximum atomic E-state index is 13.8. The molecule has 30 heavy (non-hydrogen) atoms. The van der Waals surface area contributed by atoms with E-state index in [9.17, 15) is 9.18 Å². The number of allylic oxidation sites excluding steroid dienone is 2. The van der Waals surface area contributed by atoms with Crippen LogP contribution in [0.1, 0.15) is 55.2 Å². The molecule has 0 aliphatic heterocycles. The molecule has 2 aromatic rings. The van der Waals surface area contributed by atoms with Crippen LogP contribution in [0.5, 0.6) is 5.75 Å². The molecule has 5 heteroatoms. The van der Waals surface area contributed by atoms with E-state index in [-0.39, 0.29) is 17.8 Å². The van der Waals surface area contributed by atoms with E-state index in [0.717, 1.165) is 37.7 Å². The van der Waals surface area contributed by atoms with Gasteiger partial charge < -0.3 is 9.84 Å². The van der Waals surface area contributed by atoms with Crippen LogP contribution in [0.4, 0.5) is 4.39 Å². The predicted molar refractivity (Wildman–Crippen MR) is 112 cm³/mol. The molecular weight excluding hydrogens is 381 g/mol. The molecule has 0 radical (unpaired) electrons. The Morgan fingerprint density at radius 1 is 1.30 bits per heavy atom. The first-order valence-corrected chi connectivity index (χ1v) is 10.7. The molecule has 1 N–H and O–H groups in total. The zero-order chi connectivity index (χ0) is 20.9. The molecule has 156 valence electrons. The van der Waals surface area contributed by atoms with Crippen molar-refractivity contribution in [2.24, 2.45) is 17.3 Å². The zero-order valence-corrected chi connectivity index (χ0v) is 17.1. The molecule has 1 aromatic carbocycles. The number of benzene rings is 1. The highest BCUT2D eigenvalue weighted by molar-refractivity contribution is 5.72. The van der Waals surface area contributed by atoms with E-state index in [0.29, 0.717) is 23.5 Å². The van der Waals surface area contributed by atoms with Crippen LogP contribution in [-0.4, -0.2) is 22.7 Å². The second kappa shape index (κ2) is 7.22. The van der Waals surface area contributed by atoms with Crippen molar-refractivity contribution >= 4 is 11.5 Å². The lowest BCUT2D eigenvalue weighted by atomic mass is 9.54. The highest BCUT2D eigenvalue weighted by Gasteiger charge is 2.51. The summed E-state index contributed by atoms with van der Waals surface area (Å²) < 4.78 is 19.2. The molecule has 1 fully saturated rings. The summed E-state index contributed by atoms with van der Waals surface area (Å²) >= 11 is 0. The summed E-state index contributed by atoms with van der Waals surface area (Å²) in [7, 11) is 0. The monoisotopic (exact) mass is 407 g/mol. The van der Waals surface area contributed by atoms with Gasteiger partial charge in [0.05, 0.1) is 6.20 Å². The summed E-state index contributed by atoms with van der Waals surface area (Å²) in [4.78, 5) is 14.9. The molecule has 1 aromatic heterocycles. The fraction of sp³-hybridized carbons (Fsp3) is 0.440. The first-order chi connectivity index (χ1) is 14.5. The van der Waals surface area contributed by atoms with Crippen LogP contribution in [0.15, 0.2) is 42.7 Å². The normalized spacial score (nSPS) is 29.4. The van der Waals surface area contributed by atoms with Gasteiger partial charge in [-0.3, -0.25) is 4.98 Å². The number of hydrogen-bond acceptors (Lipinski definition) is 3. The average Bonchev–Trinajstić information content (AvgIpc) is 3.09. The van der Waals surface area contributed by atoms with Crippen molar-refractivity contribution in [2.75, 3.05) is 6.61 Å². The summed E-state index contributed by atoms with van der Waals surface area (Å²) in [5, 5.41) is 8.84. The number of ether oxygens (including phenoxy) is 1. The molecule has 3 unspecified atom stereocenters. The molecule has 5 rings (SSSR count). The topological polar surface area (TPSA) is 59.4 Å². The van der Waals surface area contributed by atoms with Gasteiger partial charge in [0.1, 0.15) is 11.6 Å². The Morgan fingerprint density at radius 3 is 2.97 bits per heavy atom. The van der Waals surface area contributed by atoms with Crippen LogP contribution in [0.2, 0.25) is 0 Å². The van der Waals surface area contributed by atoms with Crippen LogP contribution in [0.3, 0.4) is 0 Å². The Kier molecular flexibility index (Phi) is 4.64. The molecular formula is C25H26FNO3.